The number of hydrogen-bond acceptors (Lipinski definition) is 5. The number of carbonyl (C=O) groups excluding carboxylic acids is 1. The number of likely N-dealkylation sites (N-methyl/N-ethyl adjacent to an activating group) is 1. The van der Waals surface area contributed by atoms with Gasteiger partial charge in [-0.1, -0.05) is 256 Å². The smallest absolute Gasteiger partial charge is 0.387 e. The molecule has 0 aliphatic rings. The maximum atomic E-state index is 13.0. The van der Waals surface area contributed by atoms with Crippen LogP contribution in [-0.2, 0) is 18.4 Å². The van der Waals surface area contributed by atoms with Crippen LogP contribution in [0.25, 0.3) is 0 Å². The fraction of sp³-hybridized carbons (Fsp3) is 0.879. The van der Waals surface area contributed by atoms with E-state index in [4.69, 9.17) is 9.05 Å². The molecule has 0 saturated heterocycles. The first kappa shape index (κ1) is 65.7. The maximum Gasteiger partial charge on any atom is 0.472 e. The van der Waals surface area contributed by atoms with Gasteiger partial charge in [-0.25, -0.2) is 4.57 Å². The van der Waals surface area contributed by atoms with Gasteiger partial charge in [0.25, 0.3) is 0 Å². The van der Waals surface area contributed by atoms with Crippen molar-refractivity contribution in [3.63, 3.8) is 0 Å². The van der Waals surface area contributed by atoms with Gasteiger partial charge in [0.15, 0.2) is 0 Å². The summed E-state index contributed by atoms with van der Waals surface area (Å²) in [6, 6.07) is -0.848. The van der Waals surface area contributed by atoms with Gasteiger partial charge in [0, 0.05) is 6.42 Å². The molecule has 0 heterocycles. The number of phosphoric ester groups is 1. The molecule has 0 rings (SSSR count). The van der Waals surface area contributed by atoms with E-state index in [2.05, 4.69) is 43.5 Å². The first-order valence-electron chi connectivity index (χ1n) is 28.9. The minimum absolute atomic E-state index is 0.0617. The normalized spacial score (nSPS) is 14.2. The van der Waals surface area contributed by atoms with E-state index in [0.29, 0.717) is 17.4 Å². The van der Waals surface area contributed by atoms with Gasteiger partial charge in [-0.15, -0.1) is 0 Å². The SMILES string of the molecule is CCCCCCC/C=C\C/C=C\CCCCCCCCCCCCCC(=O)NC(COP(=O)(O)OCC[N+](C)(C)C)C(O)/C=C/CCCCCCCCCCCCCCCCCCCCCC. The third-order valence-electron chi connectivity index (χ3n) is 13.1. The van der Waals surface area contributed by atoms with Gasteiger partial charge in [-0.2, -0.15) is 0 Å². The molecule has 3 atom stereocenters. The average molecular weight is 967 g/mol. The number of phosphoric acid groups is 1. The van der Waals surface area contributed by atoms with Crippen molar-refractivity contribution < 1.29 is 32.9 Å². The molecular formula is C58H114N2O6P+. The summed E-state index contributed by atoms with van der Waals surface area (Å²) in [5.41, 5.74) is 0. The highest BCUT2D eigenvalue weighted by atomic mass is 31.2. The summed E-state index contributed by atoms with van der Waals surface area (Å²) in [5, 5.41) is 13.9. The third kappa shape index (κ3) is 52.4. The zero-order valence-electron chi connectivity index (χ0n) is 45.2. The number of unbranched alkanes of at least 4 members (excludes halogenated alkanes) is 36. The Hall–Kier alpha value is -1.28. The minimum atomic E-state index is -4.35. The minimum Gasteiger partial charge on any atom is -0.387 e. The van der Waals surface area contributed by atoms with E-state index in [0.717, 1.165) is 44.9 Å². The lowest BCUT2D eigenvalue weighted by Gasteiger charge is -2.25. The van der Waals surface area contributed by atoms with E-state index in [-0.39, 0.29) is 19.1 Å². The Kier molecular flexibility index (Phi) is 48.7. The number of aliphatic hydroxyl groups excluding tert-OH is 1. The van der Waals surface area contributed by atoms with Gasteiger partial charge >= 0.3 is 7.82 Å². The van der Waals surface area contributed by atoms with E-state index in [1.165, 1.54) is 212 Å². The lowest BCUT2D eigenvalue weighted by atomic mass is 10.0. The molecule has 0 aromatic carbocycles. The van der Waals surface area contributed by atoms with Crippen molar-refractivity contribution in [2.45, 2.75) is 289 Å². The first-order valence-corrected chi connectivity index (χ1v) is 30.4. The molecule has 396 valence electrons. The second-order valence-corrected chi connectivity index (χ2v) is 22.5. The monoisotopic (exact) mass is 966 g/mol. The summed E-state index contributed by atoms with van der Waals surface area (Å²) in [7, 11) is 1.58. The van der Waals surface area contributed by atoms with Crippen LogP contribution in [0.3, 0.4) is 0 Å². The largest absolute Gasteiger partial charge is 0.472 e. The van der Waals surface area contributed by atoms with Crippen LogP contribution < -0.4 is 5.32 Å². The molecule has 0 aromatic heterocycles. The van der Waals surface area contributed by atoms with Crippen LogP contribution in [0, 0.1) is 0 Å². The van der Waals surface area contributed by atoms with Crippen LogP contribution in [0.4, 0.5) is 0 Å². The molecule has 0 saturated carbocycles. The Morgan fingerprint density at radius 1 is 0.507 bits per heavy atom. The van der Waals surface area contributed by atoms with Crippen molar-refractivity contribution in [2.75, 3.05) is 40.9 Å². The summed E-state index contributed by atoms with van der Waals surface area (Å²) < 4.78 is 23.7. The molecular weight excluding hydrogens is 852 g/mol. The molecule has 0 aliphatic heterocycles. The topological polar surface area (TPSA) is 105 Å². The zero-order valence-corrected chi connectivity index (χ0v) is 46.0. The number of rotatable bonds is 53. The highest BCUT2D eigenvalue weighted by molar-refractivity contribution is 7.47. The van der Waals surface area contributed by atoms with Crippen LogP contribution in [0.15, 0.2) is 36.5 Å². The summed E-state index contributed by atoms with van der Waals surface area (Å²) in [6.07, 6.45) is 63.8. The molecule has 0 aromatic rings. The molecule has 3 N–H and O–H groups in total. The number of amides is 1. The van der Waals surface area contributed by atoms with Crippen LogP contribution in [0.2, 0.25) is 0 Å². The van der Waals surface area contributed by atoms with Crippen LogP contribution >= 0.6 is 7.82 Å². The molecule has 0 spiro atoms. The summed E-state index contributed by atoms with van der Waals surface area (Å²) in [5.74, 6) is -0.176. The van der Waals surface area contributed by atoms with E-state index in [1.54, 1.807) is 6.08 Å². The van der Waals surface area contributed by atoms with Gasteiger partial charge in [-0.05, 0) is 51.4 Å². The highest BCUT2D eigenvalue weighted by Crippen LogP contribution is 2.43. The van der Waals surface area contributed by atoms with E-state index >= 15 is 0 Å². The van der Waals surface area contributed by atoms with E-state index in [1.807, 2.05) is 27.2 Å². The van der Waals surface area contributed by atoms with Crippen LogP contribution in [0.1, 0.15) is 277 Å². The Morgan fingerprint density at radius 2 is 0.851 bits per heavy atom. The number of allylic oxidation sites excluding steroid dienone is 5. The number of nitrogens with zero attached hydrogens (tertiary/aromatic N) is 1. The van der Waals surface area contributed by atoms with Gasteiger partial charge in [0.1, 0.15) is 13.2 Å². The maximum absolute atomic E-state index is 13.0. The molecule has 8 nitrogen and oxygen atoms in total. The molecule has 9 heteroatoms. The predicted molar refractivity (Wildman–Crippen MR) is 291 cm³/mol. The number of nitrogens with one attached hydrogen (secondary N) is 1. The predicted octanol–water partition coefficient (Wildman–Crippen LogP) is 17.4. The van der Waals surface area contributed by atoms with Crippen molar-refractivity contribution in [1.82, 2.24) is 5.32 Å². The number of quaternary nitrogens is 1. The Labute approximate surface area is 417 Å². The number of carbonyl (C=O) groups is 1. The van der Waals surface area contributed by atoms with Gasteiger partial charge < -0.3 is 19.8 Å². The fourth-order valence-electron chi connectivity index (χ4n) is 8.54. The van der Waals surface area contributed by atoms with E-state index < -0.39 is 20.0 Å². The van der Waals surface area contributed by atoms with Crippen molar-refractivity contribution >= 4 is 13.7 Å². The molecule has 67 heavy (non-hydrogen) atoms. The third-order valence-corrected chi connectivity index (χ3v) is 14.1. The van der Waals surface area contributed by atoms with Crippen molar-refractivity contribution in [2.24, 2.45) is 0 Å². The Morgan fingerprint density at radius 3 is 1.22 bits per heavy atom. The first-order chi connectivity index (χ1) is 32.5. The second kappa shape index (κ2) is 49.7. The van der Waals surface area contributed by atoms with Crippen molar-refractivity contribution in [1.29, 1.82) is 0 Å². The average Bonchev–Trinajstić information content (AvgIpc) is 3.29. The molecule has 0 bridgehead atoms. The summed E-state index contributed by atoms with van der Waals surface area (Å²) in [4.78, 5) is 23.3. The Balaban J connectivity index is 4.22. The molecule has 1 amide bonds. The fourth-order valence-corrected chi connectivity index (χ4v) is 9.28. The summed E-state index contributed by atoms with van der Waals surface area (Å²) >= 11 is 0. The quantitative estimate of drug-likeness (QED) is 0.0243. The van der Waals surface area contributed by atoms with Gasteiger partial charge in [-0.3, -0.25) is 13.8 Å². The van der Waals surface area contributed by atoms with E-state index in [9.17, 15) is 19.4 Å². The molecule has 3 unspecified atom stereocenters. The number of aliphatic hydroxyl groups is 1. The summed E-state index contributed by atoms with van der Waals surface area (Å²) in [6.45, 7) is 4.84. The second-order valence-electron chi connectivity index (χ2n) is 21.0. The van der Waals surface area contributed by atoms with Crippen molar-refractivity contribution in [3.05, 3.63) is 36.5 Å². The standard InChI is InChI=1S/C58H113N2O6P/c1-6-8-10-12-14-16-18-20-22-24-26-28-30-32-34-36-38-40-42-44-46-48-50-52-58(62)59-56(55-66-67(63,64)65-54-53-60(3,4)5)57(61)51-49-47-45-43-41-39-37-35-33-31-29-27-25-23-21-19-17-15-13-11-9-7-2/h18,20,24,26,49,51,56-57,61H,6-17,19,21-23,25,27-48,50,52-55H2,1-5H3,(H-,59,62,63,64)/p+1/b20-18-,26-24-,51-49+. The molecule has 0 radical (unpaired) electrons. The molecule has 0 fully saturated rings. The number of hydrogen-bond donors (Lipinski definition) is 3. The van der Waals surface area contributed by atoms with Crippen molar-refractivity contribution in [3.8, 4) is 0 Å². The Bertz CT molecular complexity index is 1190. The lowest BCUT2D eigenvalue weighted by molar-refractivity contribution is -0.870. The van der Waals surface area contributed by atoms with Crippen LogP contribution in [0.5, 0.6) is 0 Å². The highest BCUT2D eigenvalue weighted by Gasteiger charge is 2.27. The van der Waals surface area contributed by atoms with Gasteiger partial charge in [0.05, 0.1) is 39.9 Å². The molecule has 0 aliphatic carbocycles. The lowest BCUT2D eigenvalue weighted by Crippen LogP contribution is -2.45. The van der Waals surface area contributed by atoms with Gasteiger partial charge in [0.2, 0.25) is 5.91 Å². The zero-order chi connectivity index (χ0) is 49.2. The van der Waals surface area contributed by atoms with Crippen LogP contribution in [-0.4, -0.2) is 73.4 Å².